The molecule has 0 spiro atoms. The SMILES string of the molecule is CC(C)(NC(=O)c1cccc(NC(N)=O)c1)c1ccc(Br)cc1. The minimum absolute atomic E-state index is 0.231. The lowest BCUT2D eigenvalue weighted by Crippen LogP contribution is -2.41. The normalized spacial score (nSPS) is 10.9. The molecule has 0 saturated carbocycles. The molecule has 23 heavy (non-hydrogen) atoms. The number of rotatable bonds is 4. The van der Waals surface area contributed by atoms with Crippen LogP contribution in [0.1, 0.15) is 29.8 Å². The summed E-state index contributed by atoms with van der Waals surface area (Å²) in [7, 11) is 0. The molecule has 2 aromatic carbocycles. The second-order valence-corrected chi connectivity index (χ2v) is 6.57. The lowest BCUT2D eigenvalue weighted by atomic mass is 9.94. The molecule has 2 aromatic rings. The predicted octanol–water partition coefficient (Wildman–Crippen LogP) is 3.60. The molecule has 4 N–H and O–H groups in total. The number of carbonyl (C=O) groups excluding carboxylic acids is 2. The number of nitrogens with one attached hydrogen (secondary N) is 2. The van der Waals surface area contributed by atoms with Gasteiger partial charge >= 0.3 is 6.03 Å². The molecule has 0 fully saturated rings. The number of halogens is 1. The van der Waals surface area contributed by atoms with Crippen LogP contribution in [0.3, 0.4) is 0 Å². The first kappa shape index (κ1) is 17.0. The molecule has 0 aliphatic rings. The minimum atomic E-state index is -0.669. The largest absolute Gasteiger partial charge is 0.351 e. The summed E-state index contributed by atoms with van der Waals surface area (Å²) >= 11 is 3.40. The highest BCUT2D eigenvalue weighted by Crippen LogP contribution is 2.23. The Labute approximate surface area is 143 Å². The third kappa shape index (κ3) is 4.56. The van der Waals surface area contributed by atoms with Crippen molar-refractivity contribution in [3.05, 3.63) is 64.1 Å². The number of hydrogen-bond donors (Lipinski definition) is 3. The summed E-state index contributed by atoms with van der Waals surface area (Å²) in [4.78, 5) is 23.4. The van der Waals surface area contributed by atoms with Crippen molar-refractivity contribution in [2.45, 2.75) is 19.4 Å². The van der Waals surface area contributed by atoms with Gasteiger partial charge in [-0.2, -0.15) is 0 Å². The number of amides is 3. The van der Waals surface area contributed by atoms with Crippen LogP contribution in [-0.4, -0.2) is 11.9 Å². The Morgan fingerprint density at radius 3 is 2.35 bits per heavy atom. The number of benzene rings is 2. The van der Waals surface area contributed by atoms with Gasteiger partial charge < -0.3 is 16.4 Å². The highest BCUT2D eigenvalue weighted by atomic mass is 79.9. The highest BCUT2D eigenvalue weighted by Gasteiger charge is 2.23. The molecule has 0 bridgehead atoms. The number of carbonyl (C=O) groups is 2. The smallest absolute Gasteiger partial charge is 0.316 e. The topological polar surface area (TPSA) is 84.2 Å². The van der Waals surface area contributed by atoms with E-state index in [9.17, 15) is 9.59 Å². The van der Waals surface area contributed by atoms with Gasteiger partial charge in [-0.05, 0) is 49.7 Å². The van der Waals surface area contributed by atoms with Crippen molar-refractivity contribution in [2.75, 3.05) is 5.32 Å². The molecule has 0 aliphatic heterocycles. The summed E-state index contributed by atoms with van der Waals surface area (Å²) in [6.07, 6.45) is 0. The van der Waals surface area contributed by atoms with Crippen LogP contribution >= 0.6 is 15.9 Å². The Balaban J connectivity index is 2.17. The van der Waals surface area contributed by atoms with Gasteiger partial charge in [0.15, 0.2) is 0 Å². The third-order valence-corrected chi connectivity index (χ3v) is 3.91. The first-order valence-electron chi connectivity index (χ1n) is 7.03. The third-order valence-electron chi connectivity index (χ3n) is 3.38. The monoisotopic (exact) mass is 375 g/mol. The van der Waals surface area contributed by atoms with Crippen LogP contribution in [-0.2, 0) is 5.54 Å². The summed E-state index contributed by atoms with van der Waals surface area (Å²) in [6.45, 7) is 3.86. The zero-order valence-electron chi connectivity index (χ0n) is 12.9. The van der Waals surface area contributed by atoms with Crippen LogP contribution < -0.4 is 16.4 Å². The van der Waals surface area contributed by atoms with Gasteiger partial charge in [0, 0.05) is 15.7 Å². The van der Waals surface area contributed by atoms with Crippen molar-refractivity contribution in [1.29, 1.82) is 0 Å². The van der Waals surface area contributed by atoms with E-state index in [4.69, 9.17) is 5.73 Å². The lowest BCUT2D eigenvalue weighted by molar-refractivity contribution is 0.0912. The van der Waals surface area contributed by atoms with Crippen molar-refractivity contribution in [3.8, 4) is 0 Å². The average molecular weight is 376 g/mol. The van der Waals surface area contributed by atoms with Gasteiger partial charge in [0.25, 0.3) is 5.91 Å². The zero-order valence-corrected chi connectivity index (χ0v) is 14.5. The molecule has 0 radical (unpaired) electrons. The molecule has 0 unspecified atom stereocenters. The molecule has 5 nitrogen and oxygen atoms in total. The molecule has 0 atom stereocenters. The fourth-order valence-corrected chi connectivity index (χ4v) is 2.44. The Morgan fingerprint density at radius 1 is 1.09 bits per heavy atom. The second-order valence-electron chi connectivity index (χ2n) is 5.66. The summed E-state index contributed by atoms with van der Waals surface area (Å²) < 4.78 is 0.980. The van der Waals surface area contributed by atoms with Gasteiger partial charge in [-0.15, -0.1) is 0 Å². The van der Waals surface area contributed by atoms with E-state index < -0.39 is 11.6 Å². The van der Waals surface area contributed by atoms with Crippen LogP contribution in [0.2, 0.25) is 0 Å². The number of primary amides is 1. The van der Waals surface area contributed by atoms with Crippen molar-refractivity contribution < 1.29 is 9.59 Å². The minimum Gasteiger partial charge on any atom is -0.351 e. The number of urea groups is 1. The van der Waals surface area contributed by atoms with Crippen LogP contribution in [0.15, 0.2) is 53.0 Å². The molecular weight excluding hydrogens is 358 g/mol. The van der Waals surface area contributed by atoms with E-state index in [0.29, 0.717) is 11.3 Å². The number of anilines is 1. The van der Waals surface area contributed by atoms with Gasteiger partial charge in [0.1, 0.15) is 0 Å². The fourth-order valence-electron chi connectivity index (χ4n) is 2.18. The maximum atomic E-state index is 12.5. The highest BCUT2D eigenvalue weighted by molar-refractivity contribution is 9.10. The Hall–Kier alpha value is -2.34. The maximum absolute atomic E-state index is 12.5. The molecular formula is C17H18BrN3O2. The van der Waals surface area contributed by atoms with Gasteiger partial charge in [0.05, 0.1) is 5.54 Å². The molecule has 6 heteroatoms. The van der Waals surface area contributed by atoms with E-state index in [1.807, 2.05) is 38.1 Å². The quantitative estimate of drug-likeness (QED) is 0.762. The number of hydrogen-bond acceptors (Lipinski definition) is 2. The van der Waals surface area contributed by atoms with E-state index in [-0.39, 0.29) is 5.91 Å². The van der Waals surface area contributed by atoms with Crippen LogP contribution in [0.4, 0.5) is 10.5 Å². The van der Waals surface area contributed by atoms with E-state index in [0.717, 1.165) is 10.0 Å². The van der Waals surface area contributed by atoms with Gasteiger partial charge in [0.2, 0.25) is 0 Å². The van der Waals surface area contributed by atoms with Crippen molar-refractivity contribution >= 4 is 33.6 Å². The second kappa shape index (κ2) is 6.83. The molecule has 0 saturated heterocycles. The predicted molar refractivity (Wildman–Crippen MR) is 94.3 cm³/mol. The molecule has 0 aliphatic carbocycles. The summed E-state index contributed by atoms with van der Waals surface area (Å²) in [5.41, 5.74) is 6.46. The van der Waals surface area contributed by atoms with Crippen molar-refractivity contribution in [2.24, 2.45) is 5.73 Å². The van der Waals surface area contributed by atoms with E-state index in [2.05, 4.69) is 26.6 Å². The molecule has 2 rings (SSSR count). The Bertz CT molecular complexity index is 727. The van der Waals surface area contributed by atoms with Crippen molar-refractivity contribution in [3.63, 3.8) is 0 Å². The Morgan fingerprint density at radius 2 is 1.74 bits per heavy atom. The van der Waals surface area contributed by atoms with Crippen LogP contribution in [0.25, 0.3) is 0 Å². The number of nitrogens with two attached hydrogens (primary N) is 1. The van der Waals surface area contributed by atoms with Crippen LogP contribution in [0, 0.1) is 0 Å². The Kier molecular flexibility index (Phi) is 5.05. The maximum Gasteiger partial charge on any atom is 0.316 e. The van der Waals surface area contributed by atoms with Gasteiger partial charge in [-0.25, -0.2) is 4.79 Å². The van der Waals surface area contributed by atoms with Crippen LogP contribution in [0.5, 0.6) is 0 Å². The summed E-state index contributed by atoms with van der Waals surface area (Å²) in [5.74, 6) is -0.231. The van der Waals surface area contributed by atoms with Gasteiger partial charge in [-0.3, -0.25) is 4.79 Å². The molecule has 3 amide bonds. The molecule has 0 aromatic heterocycles. The molecule has 0 heterocycles. The van der Waals surface area contributed by atoms with E-state index in [1.54, 1.807) is 24.3 Å². The molecule has 120 valence electrons. The standard InChI is InChI=1S/C17H18BrN3O2/c1-17(2,12-6-8-13(18)9-7-12)21-15(22)11-4-3-5-14(10-11)20-16(19)23/h3-10H,1-2H3,(H,21,22)(H3,19,20,23). The van der Waals surface area contributed by atoms with Gasteiger partial charge in [-0.1, -0.05) is 34.1 Å². The lowest BCUT2D eigenvalue weighted by Gasteiger charge is -2.27. The van der Waals surface area contributed by atoms with Crippen molar-refractivity contribution in [1.82, 2.24) is 5.32 Å². The summed E-state index contributed by atoms with van der Waals surface area (Å²) in [6, 6.07) is 13.7. The first-order valence-corrected chi connectivity index (χ1v) is 7.82. The first-order chi connectivity index (χ1) is 10.8. The summed E-state index contributed by atoms with van der Waals surface area (Å²) in [5, 5.41) is 5.45. The average Bonchev–Trinajstić information content (AvgIpc) is 2.47. The van der Waals surface area contributed by atoms with E-state index in [1.165, 1.54) is 0 Å². The van der Waals surface area contributed by atoms with E-state index >= 15 is 0 Å². The zero-order chi connectivity index (χ0) is 17.0. The fraction of sp³-hybridized carbons (Fsp3) is 0.176.